The lowest BCUT2D eigenvalue weighted by atomic mass is 10.1. The Morgan fingerprint density at radius 3 is 2.62 bits per heavy atom. The Bertz CT molecular complexity index is 890. The molecule has 0 unspecified atom stereocenters. The number of rotatable bonds is 5. The fraction of sp³-hybridized carbons (Fsp3) is 0.111. The summed E-state index contributed by atoms with van der Waals surface area (Å²) < 4.78 is 33.5. The lowest BCUT2D eigenvalue weighted by Gasteiger charge is -2.11. The van der Waals surface area contributed by atoms with Gasteiger partial charge in [0.25, 0.3) is 0 Å². The van der Waals surface area contributed by atoms with Gasteiger partial charge >= 0.3 is 6.03 Å². The van der Waals surface area contributed by atoms with Gasteiger partial charge in [-0.1, -0.05) is 12.1 Å². The normalized spacial score (nSPS) is 10.4. The Morgan fingerprint density at radius 2 is 1.96 bits per heavy atom. The summed E-state index contributed by atoms with van der Waals surface area (Å²) in [6.45, 7) is 0.180. The van der Waals surface area contributed by atoms with Gasteiger partial charge in [-0.05, 0) is 35.4 Å². The summed E-state index contributed by atoms with van der Waals surface area (Å²) in [5, 5.41) is 11.0. The van der Waals surface area contributed by atoms with Crippen LogP contribution in [0.15, 0.2) is 48.8 Å². The zero-order valence-corrected chi connectivity index (χ0v) is 13.8. The number of carbonyl (C=O) groups is 1. The topological polar surface area (TPSA) is 79.0 Å². The van der Waals surface area contributed by atoms with Gasteiger partial charge in [0.1, 0.15) is 23.1 Å². The predicted molar refractivity (Wildman–Crippen MR) is 92.8 cm³/mol. The zero-order chi connectivity index (χ0) is 18.5. The lowest BCUT2D eigenvalue weighted by molar-refractivity contribution is 0.251. The molecule has 3 N–H and O–H groups in total. The number of aromatic amines is 1. The molecule has 0 bridgehead atoms. The van der Waals surface area contributed by atoms with E-state index in [0.29, 0.717) is 16.9 Å². The van der Waals surface area contributed by atoms with Crippen LogP contribution in [0.2, 0.25) is 0 Å². The summed E-state index contributed by atoms with van der Waals surface area (Å²) in [5.41, 5.74) is 1.13. The Kier molecular flexibility index (Phi) is 5.12. The molecule has 2 aromatic carbocycles. The second-order valence-electron chi connectivity index (χ2n) is 5.46. The molecule has 1 aromatic heterocycles. The maximum absolute atomic E-state index is 14.2. The van der Waals surface area contributed by atoms with Crippen LogP contribution in [-0.2, 0) is 6.54 Å². The van der Waals surface area contributed by atoms with Crippen molar-refractivity contribution in [3.63, 3.8) is 0 Å². The van der Waals surface area contributed by atoms with Crippen LogP contribution in [0, 0.1) is 11.6 Å². The fourth-order valence-corrected chi connectivity index (χ4v) is 2.39. The molecule has 0 saturated heterocycles. The number of nitrogens with zero attached hydrogens (tertiary/aromatic N) is 1. The number of carbonyl (C=O) groups excluding carboxylic acids is 1. The van der Waals surface area contributed by atoms with Crippen molar-refractivity contribution in [1.82, 2.24) is 15.5 Å². The SMILES string of the molecule is COc1cccc(CNC(=O)Nc2c(F)cc(-c3cn[nH]c3)cc2F)c1. The first kappa shape index (κ1) is 17.4. The summed E-state index contributed by atoms with van der Waals surface area (Å²) in [5.74, 6) is -1.10. The van der Waals surface area contributed by atoms with E-state index in [0.717, 1.165) is 17.7 Å². The number of halogens is 2. The molecule has 6 nitrogen and oxygen atoms in total. The molecule has 134 valence electrons. The van der Waals surface area contributed by atoms with E-state index in [1.54, 1.807) is 24.3 Å². The van der Waals surface area contributed by atoms with Gasteiger partial charge in [-0.2, -0.15) is 5.10 Å². The average molecular weight is 358 g/mol. The fourth-order valence-electron chi connectivity index (χ4n) is 2.39. The third-order valence-corrected chi connectivity index (χ3v) is 3.70. The van der Waals surface area contributed by atoms with Crippen molar-refractivity contribution in [3.8, 4) is 16.9 Å². The number of hydrogen-bond acceptors (Lipinski definition) is 3. The number of ether oxygens (including phenoxy) is 1. The molecular weight excluding hydrogens is 342 g/mol. The molecular formula is C18H16F2N4O2. The van der Waals surface area contributed by atoms with E-state index >= 15 is 0 Å². The first-order chi connectivity index (χ1) is 12.6. The van der Waals surface area contributed by atoms with Crippen LogP contribution in [-0.4, -0.2) is 23.3 Å². The van der Waals surface area contributed by atoms with Gasteiger partial charge in [-0.3, -0.25) is 5.10 Å². The number of methoxy groups -OCH3 is 1. The molecule has 3 aromatic rings. The van der Waals surface area contributed by atoms with Gasteiger partial charge in [0.05, 0.1) is 13.3 Å². The minimum atomic E-state index is -0.877. The van der Waals surface area contributed by atoms with Gasteiger partial charge in [-0.15, -0.1) is 0 Å². The van der Waals surface area contributed by atoms with Crippen LogP contribution in [0.4, 0.5) is 19.3 Å². The van der Waals surface area contributed by atoms with Crippen molar-refractivity contribution in [2.45, 2.75) is 6.54 Å². The number of nitrogens with one attached hydrogen (secondary N) is 3. The first-order valence-electron chi connectivity index (χ1n) is 7.73. The number of anilines is 1. The van der Waals surface area contributed by atoms with Crippen molar-refractivity contribution in [3.05, 3.63) is 66.0 Å². The third-order valence-electron chi connectivity index (χ3n) is 3.70. The molecule has 0 saturated carbocycles. The van der Waals surface area contributed by atoms with E-state index < -0.39 is 23.4 Å². The number of hydrogen-bond donors (Lipinski definition) is 3. The van der Waals surface area contributed by atoms with Crippen molar-refractivity contribution in [2.24, 2.45) is 0 Å². The van der Waals surface area contributed by atoms with Crippen molar-refractivity contribution in [2.75, 3.05) is 12.4 Å². The summed E-state index contributed by atoms with van der Waals surface area (Å²) in [6.07, 6.45) is 2.96. The second-order valence-corrected chi connectivity index (χ2v) is 5.46. The summed E-state index contributed by atoms with van der Waals surface area (Å²) in [7, 11) is 1.54. The van der Waals surface area contributed by atoms with E-state index in [4.69, 9.17) is 4.74 Å². The average Bonchev–Trinajstić information content (AvgIpc) is 3.18. The number of aromatic nitrogens is 2. The van der Waals surface area contributed by atoms with Crippen molar-refractivity contribution < 1.29 is 18.3 Å². The minimum absolute atomic E-state index is 0.180. The molecule has 0 atom stereocenters. The standard InChI is InChI=1S/C18H16F2N4O2/c1-26-14-4-2-3-11(5-14)8-21-18(25)24-17-15(19)6-12(7-16(17)20)13-9-22-23-10-13/h2-7,9-10H,8H2,1H3,(H,22,23)(H2,21,24,25). The monoisotopic (exact) mass is 358 g/mol. The highest BCUT2D eigenvalue weighted by molar-refractivity contribution is 5.90. The molecule has 0 aliphatic heterocycles. The van der Waals surface area contributed by atoms with Crippen molar-refractivity contribution >= 4 is 11.7 Å². The Hall–Kier alpha value is -3.42. The zero-order valence-electron chi connectivity index (χ0n) is 13.8. The molecule has 3 rings (SSSR count). The number of benzene rings is 2. The van der Waals surface area contributed by atoms with Crippen LogP contribution < -0.4 is 15.4 Å². The molecule has 2 amide bonds. The number of urea groups is 1. The molecule has 0 radical (unpaired) electrons. The Labute approximate surface area is 148 Å². The third kappa shape index (κ3) is 3.97. The van der Waals surface area contributed by atoms with E-state index in [2.05, 4.69) is 20.8 Å². The van der Waals surface area contributed by atoms with Gasteiger partial charge in [0, 0.05) is 18.3 Å². The second kappa shape index (κ2) is 7.64. The maximum Gasteiger partial charge on any atom is 0.319 e. The lowest BCUT2D eigenvalue weighted by Crippen LogP contribution is -2.29. The summed E-state index contributed by atoms with van der Waals surface area (Å²) >= 11 is 0. The molecule has 0 spiro atoms. The molecule has 26 heavy (non-hydrogen) atoms. The summed E-state index contributed by atoms with van der Waals surface area (Å²) in [6, 6.07) is 8.64. The van der Waals surface area contributed by atoms with Crippen LogP contribution in [0.25, 0.3) is 11.1 Å². The first-order valence-corrected chi connectivity index (χ1v) is 7.73. The van der Waals surface area contributed by atoms with Gasteiger partial charge < -0.3 is 15.4 Å². The Morgan fingerprint density at radius 1 is 1.19 bits per heavy atom. The molecule has 8 heteroatoms. The maximum atomic E-state index is 14.2. The van der Waals surface area contributed by atoms with Gasteiger partial charge in [0.2, 0.25) is 0 Å². The predicted octanol–water partition coefficient (Wildman–Crippen LogP) is 3.69. The largest absolute Gasteiger partial charge is 0.497 e. The quantitative estimate of drug-likeness (QED) is 0.651. The molecule has 0 fully saturated rings. The molecule has 0 aliphatic rings. The van der Waals surface area contributed by atoms with E-state index in [9.17, 15) is 13.6 Å². The molecule has 0 aliphatic carbocycles. The van der Waals surface area contributed by atoms with Crippen LogP contribution >= 0.6 is 0 Å². The number of H-pyrrole nitrogens is 1. The van der Waals surface area contributed by atoms with Crippen LogP contribution in [0.5, 0.6) is 5.75 Å². The van der Waals surface area contributed by atoms with E-state index in [1.165, 1.54) is 19.5 Å². The van der Waals surface area contributed by atoms with E-state index in [1.807, 2.05) is 0 Å². The Balaban J connectivity index is 1.67. The van der Waals surface area contributed by atoms with E-state index in [-0.39, 0.29) is 6.54 Å². The van der Waals surface area contributed by atoms with Crippen molar-refractivity contribution in [1.29, 1.82) is 0 Å². The highest BCUT2D eigenvalue weighted by Gasteiger charge is 2.15. The highest BCUT2D eigenvalue weighted by atomic mass is 19.1. The minimum Gasteiger partial charge on any atom is -0.497 e. The van der Waals surface area contributed by atoms with Gasteiger partial charge in [-0.25, -0.2) is 13.6 Å². The van der Waals surface area contributed by atoms with Gasteiger partial charge in [0.15, 0.2) is 0 Å². The van der Waals surface area contributed by atoms with Crippen LogP contribution in [0.3, 0.4) is 0 Å². The van der Waals surface area contributed by atoms with Crippen LogP contribution in [0.1, 0.15) is 5.56 Å². The summed E-state index contributed by atoms with van der Waals surface area (Å²) in [4.78, 5) is 12.0. The number of amides is 2. The smallest absolute Gasteiger partial charge is 0.319 e. The highest BCUT2D eigenvalue weighted by Crippen LogP contribution is 2.26. The molecule has 1 heterocycles.